The molecular formula is C34H42N6O3. The lowest BCUT2D eigenvalue weighted by Crippen LogP contribution is -2.60. The van der Waals surface area contributed by atoms with Crippen molar-refractivity contribution in [1.82, 2.24) is 20.9 Å². The first-order valence-electron chi connectivity index (χ1n) is 14.7. The van der Waals surface area contributed by atoms with Crippen molar-refractivity contribution in [2.45, 2.75) is 43.8 Å². The molecule has 4 rings (SSSR count). The molecule has 1 fully saturated rings. The van der Waals surface area contributed by atoms with Crippen LogP contribution < -0.4 is 26.4 Å². The minimum absolute atomic E-state index is 0.00723. The molecule has 0 saturated carbocycles. The maximum atomic E-state index is 14.1. The van der Waals surface area contributed by atoms with Gasteiger partial charge in [-0.3, -0.25) is 20.3 Å². The van der Waals surface area contributed by atoms with Crippen molar-refractivity contribution in [2.24, 2.45) is 5.73 Å². The van der Waals surface area contributed by atoms with E-state index in [-0.39, 0.29) is 35.8 Å². The molecule has 43 heavy (non-hydrogen) atoms. The number of methoxy groups -OCH3 is 1. The predicted octanol–water partition coefficient (Wildman–Crippen LogP) is 3.48. The fourth-order valence-corrected chi connectivity index (χ4v) is 5.44. The monoisotopic (exact) mass is 582 g/mol. The largest absolute Gasteiger partial charge is 0.497 e. The van der Waals surface area contributed by atoms with Gasteiger partial charge in [-0.15, -0.1) is 0 Å². The van der Waals surface area contributed by atoms with Gasteiger partial charge in [0.05, 0.1) is 13.2 Å². The number of carbonyl (C=O) groups is 2. The fraction of sp³-hybridized carbons (Fsp3) is 0.324. The molecule has 1 aliphatic rings. The van der Waals surface area contributed by atoms with Gasteiger partial charge >= 0.3 is 0 Å². The summed E-state index contributed by atoms with van der Waals surface area (Å²) < 4.78 is 5.19. The summed E-state index contributed by atoms with van der Waals surface area (Å²) >= 11 is 0. The van der Waals surface area contributed by atoms with Crippen molar-refractivity contribution < 1.29 is 14.3 Å². The molecule has 6 N–H and O–H groups in total. The highest BCUT2D eigenvalue weighted by Crippen LogP contribution is 2.27. The summed E-state index contributed by atoms with van der Waals surface area (Å²) in [5, 5.41) is 17.3. The maximum Gasteiger partial charge on any atom is 0.244 e. The molecule has 3 aromatic carbocycles. The third-order valence-electron chi connectivity index (χ3n) is 7.80. The van der Waals surface area contributed by atoms with Gasteiger partial charge < -0.3 is 26.0 Å². The first-order chi connectivity index (χ1) is 20.9. The van der Waals surface area contributed by atoms with Crippen LogP contribution in [0.4, 0.5) is 0 Å². The lowest BCUT2D eigenvalue weighted by molar-refractivity contribution is -0.133. The van der Waals surface area contributed by atoms with E-state index in [9.17, 15) is 9.59 Å². The molecule has 9 nitrogen and oxygen atoms in total. The Morgan fingerprint density at radius 2 is 1.70 bits per heavy atom. The predicted molar refractivity (Wildman–Crippen MR) is 171 cm³/mol. The third-order valence-corrected chi connectivity index (χ3v) is 7.80. The number of rotatable bonds is 12. The van der Waals surface area contributed by atoms with Crippen LogP contribution in [0.15, 0.2) is 91.0 Å². The highest BCUT2D eigenvalue weighted by Gasteiger charge is 2.37. The normalized spacial score (nSPS) is 17.8. The van der Waals surface area contributed by atoms with Crippen molar-refractivity contribution in [3.63, 3.8) is 0 Å². The zero-order valence-corrected chi connectivity index (χ0v) is 24.8. The van der Waals surface area contributed by atoms with Crippen LogP contribution in [0.2, 0.25) is 0 Å². The summed E-state index contributed by atoms with van der Waals surface area (Å²) in [6.07, 6.45) is 4.49. The number of amides is 2. The van der Waals surface area contributed by atoms with Crippen LogP contribution in [0.1, 0.15) is 42.4 Å². The molecule has 0 aliphatic carbocycles. The topological polar surface area (TPSA) is 133 Å². The second-order valence-electron chi connectivity index (χ2n) is 10.7. The molecular weight excluding hydrogens is 540 g/mol. The van der Waals surface area contributed by atoms with Crippen molar-refractivity contribution in [3.8, 4) is 5.75 Å². The minimum atomic E-state index is -0.625. The van der Waals surface area contributed by atoms with Gasteiger partial charge in [0.25, 0.3) is 0 Å². The van der Waals surface area contributed by atoms with Crippen LogP contribution in [0.3, 0.4) is 0 Å². The van der Waals surface area contributed by atoms with E-state index in [0.29, 0.717) is 32.5 Å². The number of benzene rings is 3. The number of nitrogens with two attached hydrogens (primary N) is 1. The van der Waals surface area contributed by atoms with Crippen LogP contribution in [0.5, 0.6) is 5.75 Å². The van der Waals surface area contributed by atoms with Crippen molar-refractivity contribution in [1.29, 1.82) is 5.41 Å². The summed E-state index contributed by atoms with van der Waals surface area (Å²) in [7, 11) is 1.61. The van der Waals surface area contributed by atoms with Gasteiger partial charge in [-0.05, 0) is 47.7 Å². The SMILES string of the molecule is CCC(NC(=N)N)[C@@H]1N[C@H](CNC(=O)/C=C/c2ccc(OC)cc2)CCN(CC(c2ccccc2)c2ccccc2)C1=O. The van der Waals surface area contributed by atoms with Gasteiger partial charge in [-0.25, -0.2) is 0 Å². The van der Waals surface area contributed by atoms with Gasteiger partial charge in [0.1, 0.15) is 11.8 Å². The molecule has 0 aromatic heterocycles. The summed E-state index contributed by atoms with van der Waals surface area (Å²) in [4.78, 5) is 28.7. The summed E-state index contributed by atoms with van der Waals surface area (Å²) in [5.41, 5.74) is 8.86. The van der Waals surface area contributed by atoms with Crippen LogP contribution >= 0.6 is 0 Å². The number of nitrogens with zero attached hydrogens (tertiary/aromatic N) is 1. The van der Waals surface area contributed by atoms with E-state index in [0.717, 1.165) is 22.4 Å². The van der Waals surface area contributed by atoms with Crippen LogP contribution in [0.25, 0.3) is 6.08 Å². The lowest BCUT2D eigenvalue weighted by atomic mass is 9.90. The molecule has 9 heteroatoms. The molecule has 0 bridgehead atoms. The molecule has 1 unspecified atom stereocenters. The summed E-state index contributed by atoms with van der Waals surface area (Å²) in [5.74, 6) is 0.293. The highest BCUT2D eigenvalue weighted by atomic mass is 16.5. The molecule has 1 saturated heterocycles. The van der Waals surface area contributed by atoms with Crippen molar-refractivity contribution >= 4 is 23.8 Å². The van der Waals surface area contributed by atoms with E-state index in [2.05, 4.69) is 40.2 Å². The van der Waals surface area contributed by atoms with Crippen LogP contribution in [-0.4, -0.2) is 67.5 Å². The van der Waals surface area contributed by atoms with Crippen molar-refractivity contribution in [2.75, 3.05) is 26.7 Å². The maximum absolute atomic E-state index is 14.1. The summed E-state index contributed by atoms with van der Waals surface area (Å²) in [6.45, 7) is 3.34. The van der Waals surface area contributed by atoms with Gasteiger partial charge in [-0.1, -0.05) is 79.7 Å². The van der Waals surface area contributed by atoms with E-state index >= 15 is 0 Å². The Hall–Kier alpha value is -4.63. The number of ether oxygens (including phenoxy) is 1. The number of nitrogens with one attached hydrogen (secondary N) is 4. The van der Waals surface area contributed by atoms with Gasteiger partial charge in [0.2, 0.25) is 11.8 Å². The molecule has 0 radical (unpaired) electrons. The highest BCUT2D eigenvalue weighted by molar-refractivity contribution is 5.91. The zero-order valence-electron chi connectivity index (χ0n) is 24.8. The van der Waals surface area contributed by atoms with E-state index in [1.54, 1.807) is 13.2 Å². The fourth-order valence-electron chi connectivity index (χ4n) is 5.44. The third kappa shape index (κ3) is 8.93. The van der Waals surface area contributed by atoms with Crippen LogP contribution in [0, 0.1) is 5.41 Å². The van der Waals surface area contributed by atoms with E-state index in [1.165, 1.54) is 6.08 Å². The van der Waals surface area contributed by atoms with Gasteiger partial charge in [0.15, 0.2) is 5.96 Å². The molecule has 0 spiro atoms. The standard InChI is InChI=1S/C34H42N6O3/c1-3-30(39-34(35)36)32-33(42)40(23-29(25-10-6-4-7-11-25)26-12-8-5-9-13-26)21-20-27(38-32)22-37-31(41)19-16-24-14-17-28(43-2)18-15-24/h4-19,27,29-30,32,38H,3,20-23H2,1-2H3,(H,37,41)(H4,35,36,39)/b19-16+/t27-,30?,32-/m0/s1. The number of guanidine groups is 1. The molecule has 1 heterocycles. The quantitative estimate of drug-likeness (QED) is 0.126. The molecule has 2 amide bonds. The molecule has 226 valence electrons. The lowest BCUT2D eigenvalue weighted by Gasteiger charge is -2.32. The molecule has 3 atom stereocenters. The Bertz CT molecular complexity index is 1320. The Kier molecular flexibility index (Phi) is 11.3. The average Bonchev–Trinajstić information content (AvgIpc) is 3.19. The van der Waals surface area contributed by atoms with Gasteiger partial charge in [-0.2, -0.15) is 0 Å². The van der Waals surface area contributed by atoms with Crippen molar-refractivity contribution in [3.05, 3.63) is 108 Å². The van der Waals surface area contributed by atoms with Crippen LogP contribution in [-0.2, 0) is 9.59 Å². The minimum Gasteiger partial charge on any atom is -0.497 e. The Balaban J connectivity index is 1.50. The van der Waals surface area contributed by atoms with E-state index in [1.807, 2.05) is 72.5 Å². The molecule has 1 aliphatic heterocycles. The zero-order chi connectivity index (χ0) is 30.6. The van der Waals surface area contributed by atoms with E-state index in [4.69, 9.17) is 15.9 Å². The second kappa shape index (κ2) is 15.6. The molecule has 3 aromatic rings. The number of carbonyl (C=O) groups excluding carboxylic acids is 2. The first kappa shape index (κ1) is 31.3. The first-order valence-corrected chi connectivity index (χ1v) is 14.7. The second-order valence-corrected chi connectivity index (χ2v) is 10.7. The summed E-state index contributed by atoms with van der Waals surface area (Å²) in [6, 6.07) is 26.7. The van der Waals surface area contributed by atoms with Gasteiger partial charge in [0, 0.05) is 37.7 Å². The Morgan fingerprint density at radius 3 is 2.26 bits per heavy atom. The number of hydrogen-bond acceptors (Lipinski definition) is 5. The Morgan fingerprint density at radius 1 is 1.07 bits per heavy atom. The Labute approximate surface area is 254 Å². The average molecular weight is 583 g/mol. The number of hydrogen-bond donors (Lipinski definition) is 5. The smallest absolute Gasteiger partial charge is 0.244 e. The van der Waals surface area contributed by atoms with E-state index < -0.39 is 6.04 Å².